The summed E-state index contributed by atoms with van der Waals surface area (Å²) in [6.45, 7) is 0. The maximum atomic E-state index is 13.0. The molecule has 6 heteroatoms. The molecule has 0 spiro atoms. The minimum atomic E-state index is -0.547. The highest BCUT2D eigenvalue weighted by atomic mass is 19.1. The highest BCUT2D eigenvalue weighted by Crippen LogP contribution is 2.12. The van der Waals surface area contributed by atoms with Crippen molar-refractivity contribution < 1.29 is 9.18 Å². The number of carbonyl (C=O) groups excluding carboxylic acids is 1. The van der Waals surface area contributed by atoms with Gasteiger partial charge in [0.05, 0.1) is 6.20 Å². The van der Waals surface area contributed by atoms with Crippen LogP contribution in [0.1, 0.15) is 10.4 Å². The number of H-pyrrole nitrogens is 1. The first-order valence-electron chi connectivity index (χ1n) is 4.52. The van der Waals surface area contributed by atoms with E-state index in [0.717, 1.165) is 12.1 Å². The zero-order valence-electron chi connectivity index (χ0n) is 8.20. The SMILES string of the molecule is Nc1cc(F)cc(C(=O)Nc2ccn[nH]2)c1. The van der Waals surface area contributed by atoms with Gasteiger partial charge in [-0.2, -0.15) is 5.10 Å². The third kappa shape index (κ3) is 2.17. The smallest absolute Gasteiger partial charge is 0.256 e. The number of carbonyl (C=O) groups is 1. The number of amides is 1. The van der Waals surface area contributed by atoms with Crippen LogP contribution in [-0.4, -0.2) is 16.1 Å². The fraction of sp³-hybridized carbons (Fsp3) is 0. The number of aromatic amines is 1. The van der Waals surface area contributed by atoms with Crippen molar-refractivity contribution in [1.29, 1.82) is 0 Å². The van der Waals surface area contributed by atoms with E-state index in [1.54, 1.807) is 6.07 Å². The van der Waals surface area contributed by atoms with Crippen LogP contribution in [0.2, 0.25) is 0 Å². The van der Waals surface area contributed by atoms with Crippen LogP contribution in [0.3, 0.4) is 0 Å². The Morgan fingerprint density at radius 1 is 1.44 bits per heavy atom. The van der Waals surface area contributed by atoms with E-state index in [9.17, 15) is 9.18 Å². The summed E-state index contributed by atoms with van der Waals surface area (Å²) in [4.78, 5) is 11.6. The van der Waals surface area contributed by atoms with Crippen molar-refractivity contribution in [2.45, 2.75) is 0 Å². The van der Waals surface area contributed by atoms with Gasteiger partial charge < -0.3 is 11.1 Å². The van der Waals surface area contributed by atoms with Crippen LogP contribution in [0, 0.1) is 5.82 Å². The Morgan fingerprint density at radius 2 is 2.25 bits per heavy atom. The Morgan fingerprint density at radius 3 is 2.88 bits per heavy atom. The molecule has 1 amide bonds. The van der Waals surface area contributed by atoms with E-state index in [0.29, 0.717) is 5.82 Å². The van der Waals surface area contributed by atoms with Gasteiger partial charge in [0.15, 0.2) is 0 Å². The molecule has 0 fully saturated rings. The first-order chi connectivity index (χ1) is 7.65. The molecule has 1 aromatic heterocycles. The van der Waals surface area contributed by atoms with Crippen LogP contribution >= 0.6 is 0 Å². The summed E-state index contributed by atoms with van der Waals surface area (Å²) in [7, 11) is 0. The van der Waals surface area contributed by atoms with Gasteiger partial charge >= 0.3 is 0 Å². The van der Waals surface area contributed by atoms with Gasteiger partial charge in [0, 0.05) is 17.3 Å². The van der Waals surface area contributed by atoms with Crippen molar-refractivity contribution in [2.24, 2.45) is 0 Å². The number of nitrogens with two attached hydrogens (primary N) is 1. The summed E-state index contributed by atoms with van der Waals surface area (Å²) in [5, 5.41) is 8.74. The van der Waals surface area contributed by atoms with Gasteiger partial charge in [-0.1, -0.05) is 0 Å². The molecular formula is C10H9FN4O. The number of anilines is 2. The minimum absolute atomic E-state index is 0.159. The van der Waals surface area contributed by atoms with Crippen molar-refractivity contribution in [1.82, 2.24) is 10.2 Å². The molecule has 2 rings (SSSR count). The molecule has 4 N–H and O–H groups in total. The third-order valence-electron chi connectivity index (χ3n) is 1.93. The van der Waals surface area contributed by atoms with Crippen LogP contribution in [0.25, 0.3) is 0 Å². The molecule has 0 saturated carbocycles. The largest absolute Gasteiger partial charge is 0.399 e. The van der Waals surface area contributed by atoms with Gasteiger partial charge in [-0.3, -0.25) is 9.89 Å². The Hall–Kier alpha value is -2.37. The summed E-state index contributed by atoms with van der Waals surface area (Å²) in [5.74, 6) is -0.557. The molecule has 2 aromatic rings. The second-order valence-electron chi connectivity index (χ2n) is 3.20. The Kier molecular flexibility index (Phi) is 2.55. The number of rotatable bonds is 2. The fourth-order valence-electron chi connectivity index (χ4n) is 1.26. The number of nitrogen functional groups attached to an aromatic ring is 1. The molecule has 0 atom stereocenters. The van der Waals surface area contributed by atoms with Crippen LogP contribution in [0.5, 0.6) is 0 Å². The summed E-state index contributed by atoms with van der Waals surface area (Å²) in [5.41, 5.74) is 5.79. The molecule has 0 unspecified atom stereocenters. The van der Waals surface area contributed by atoms with Gasteiger partial charge in [-0.05, 0) is 18.2 Å². The van der Waals surface area contributed by atoms with Crippen LogP contribution < -0.4 is 11.1 Å². The number of aromatic nitrogens is 2. The molecule has 0 saturated heterocycles. The predicted octanol–water partition coefficient (Wildman–Crippen LogP) is 1.38. The summed E-state index contributed by atoms with van der Waals surface area (Å²) in [6, 6.07) is 5.24. The van der Waals surface area contributed by atoms with E-state index in [1.807, 2.05) is 0 Å². The minimum Gasteiger partial charge on any atom is -0.399 e. The van der Waals surface area contributed by atoms with Gasteiger partial charge in [0.2, 0.25) is 0 Å². The zero-order valence-corrected chi connectivity index (χ0v) is 8.20. The zero-order chi connectivity index (χ0) is 11.5. The summed E-state index contributed by atoms with van der Waals surface area (Å²) >= 11 is 0. The van der Waals surface area contributed by atoms with Crippen LogP contribution in [0.15, 0.2) is 30.5 Å². The van der Waals surface area contributed by atoms with E-state index in [1.165, 1.54) is 12.3 Å². The molecule has 0 radical (unpaired) electrons. The van der Waals surface area contributed by atoms with Gasteiger partial charge in [0.1, 0.15) is 11.6 Å². The normalized spacial score (nSPS) is 10.1. The van der Waals surface area contributed by atoms with E-state index in [2.05, 4.69) is 15.5 Å². The second kappa shape index (κ2) is 4.01. The second-order valence-corrected chi connectivity index (χ2v) is 3.20. The topological polar surface area (TPSA) is 83.8 Å². The Labute approximate surface area is 90.5 Å². The van der Waals surface area contributed by atoms with Crippen LogP contribution in [-0.2, 0) is 0 Å². The molecule has 0 aliphatic rings. The third-order valence-corrected chi connectivity index (χ3v) is 1.93. The number of nitrogens with one attached hydrogen (secondary N) is 2. The molecule has 16 heavy (non-hydrogen) atoms. The van der Waals surface area contributed by atoms with Crippen molar-refractivity contribution in [3.8, 4) is 0 Å². The Balaban J connectivity index is 2.21. The molecule has 0 aliphatic heterocycles. The van der Waals surface area contributed by atoms with Gasteiger partial charge in [-0.25, -0.2) is 4.39 Å². The standard InChI is InChI=1S/C10H9FN4O/c11-7-3-6(4-8(12)5-7)10(16)14-9-1-2-13-15-9/h1-5H,12H2,(H2,13,14,15,16). The van der Waals surface area contributed by atoms with E-state index < -0.39 is 11.7 Å². The summed E-state index contributed by atoms with van der Waals surface area (Å²) in [6.07, 6.45) is 1.50. The number of hydrogen-bond donors (Lipinski definition) is 3. The highest BCUT2D eigenvalue weighted by molar-refractivity contribution is 6.04. The maximum Gasteiger partial charge on any atom is 0.256 e. The summed E-state index contributed by atoms with van der Waals surface area (Å²) < 4.78 is 13.0. The molecule has 82 valence electrons. The highest BCUT2D eigenvalue weighted by Gasteiger charge is 2.08. The number of nitrogens with zero attached hydrogens (tertiary/aromatic N) is 1. The maximum absolute atomic E-state index is 13.0. The van der Waals surface area contributed by atoms with Crippen LogP contribution in [0.4, 0.5) is 15.9 Å². The first kappa shape index (κ1) is 10.2. The lowest BCUT2D eigenvalue weighted by molar-refractivity contribution is 0.102. The quantitative estimate of drug-likeness (QED) is 0.668. The number of hydrogen-bond acceptors (Lipinski definition) is 3. The van der Waals surface area contributed by atoms with E-state index in [-0.39, 0.29) is 11.3 Å². The molecule has 0 bridgehead atoms. The molecule has 1 heterocycles. The fourth-order valence-corrected chi connectivity index (χ4v) is 1.26. The molecule has 5 nitrogen and oxygen atoms in total. The lowest BCUT2D eigenvalue weighted by atomic mass is 10.2. The average molecular weight is 220 g/mol. The van der Waals surface area contributed by atoms with Crippen molar-refractivity contribution in [3.05, 3.63) is 41.8 Å². The lowest BCUT2D eigenvalue weighted by Crippen LogP contribution is -2.12. The molecule has 0 aliphatic carbocycles. The van der Waals surface area contributed by atoms with Crippen molar-refractivity contribution >= 4 is 17.4 Å². The first-order valence-corrected chi connectivity index (χ1v) is 4.52. The van der Waals surface area contributed by atoms with Crippen molar-refractivity contribution in [2.75, 3.05) is 11.1 Å². The number of benzene rings is 1. The van der Waals surface area contributed by atoms with E-state index >= 15 is 0 Å². The molecular weight excluding hydrogens is 211 g/mol. The van der Waals surface area contributed by atoms with Gasteiger partial charge in [0.25, 0.3) is 5.91 Å². The average Bonchev–Trinajstić information content (AvgIpc) is 2.68. The Bertz CT molecular complexity index is 489. The monoisotopic (exact) mass is 220 g/mol. The predicted molar refractivity (Wildman–Crippen MR) is 57.4 cm³/mol. The lowest BCUT2D eigenvalue weighted by Gasteiger charge is -2.03. The van der Waals surface area contributed by atoms with E-state index in [4.69, 9.17) is 5.73 Å². The molecule has 1 aromatic carbocycles. The van der Waals surface area contributed by atoms with Crippen molar-refractivity contribution in [3.63, 3.8) is 0 Å². The van der Waals surface area contributed by atoms with Gasteiger partial charge in [-0.15, -0.1) is 0 Å². The number of halogens is 1.